The maximum atomic E-state index is 11.9. The molecule has 1 heterocycles. The second-order valence-corrected chi connectivity index (χ2v) is 6.77. The van der Waals surface area contributed by atoms with Gasteiger partial charge in [0.15, 0.2) is 0 Å². The van der Waals surface area contributed by atoms with Crippen molar-refractivity contribution in [3.63, 3.8) is 0 Å². The number of hydrogen-bond acceptors (Lipinski definition) is 5. The van der Waals surface area contributed by atoms with Gasteiger partial charge in [0.25, 0.3) is 0 Å². The van der Waals surface area contributed by atoms with Crippen LogP contribution in [0.25, 0.3) is 0 Å². The minimum Gasteiger partial charge on any atom is -0.392 e. The molecule has 0 radical (unpaired) electrons. The van der Waals surface area contributed by atoms with Crippen molar-refractivity contribution in [2.75, 3.05) is 0 Å². The molecule has 2 rings (SSSR count). The lowest BCUT2D eigenvalue weighted by Crippen LogP contribution is -2.24. The molecule has 5 nitrogen and oxygen atoms in total. The van der Waals surface area contributed by atoms with Crippen LogP contribution < -0.4 is 4.72 Å². The topological polar surface area (TPSA) is 79.3 Å². The molecule has 7 heteroatoms. The summed E-state index contributed by atoms with van der Waals surface area (Å²) in [6.07, 6.45) is 1.64. The van der Waals surface area contributed by atoms with Crippen molar-refractivity contribution < 1.29 is 13.5 Å². The standard InChI is InChI=1S/C12H14N2O3S2/c15-8-10-1-3-11(4-2-10)9-19(16,17)14-7-12-13-5-6-18-12/h1-6,14-15H,7-9H2. The van der Waals surface area contributed by atoms with Gasteiger partial charge in [-0.2, -0.15) is 0 Å². The average Bonchev–Trinajstić information content (AvgIpc) is 2.90. The van der Waals surface area contributed by atoms with Gasteiger partial charge in [-0.15, -0.1) is 11.3 Å². The summed E-state index contributed by atoms with van der Waals surface area (Å²) in [5.41, 5.74) is 1.45. The van der Waals surface area contributed by atoms with Crippen LogP contribution in [0.1, 0.15) is 16.1 Å². The molecule has 0 bridgehead atoms. The molecule has 0 aliphatic rings. The lowest BCUT2D eigenvalue weighted by molar-refractivity contribution is 0.282. The monoisotopic (exact) mass is 298 g/mol. The van der Waals surface area contributed by atoms with Gasteiger partial charge in [0, 0.05) is 11.6 Å². The number of hydrogen-bond donors (Lipinski definition) is 2. The molecule has 19 heavy (non-hydrogen) atoms. The van der Waals surface area contributed by atoms with E-state index in [0.717, 1.165) is 10.6 Å². The minimum atomic E-state index is -3.38. The maximum absolute atomic E-state index is 11.9. The highest BCUT2D eigenvalue weighted by Gasteiger charge is 2.11. The van der Waals surface area contributed by atoms with Crippen molar-refractivity contribution in [2.24, 2.45) is 0 Å². The fourth-order valence-corrected chi connectivity index (χ4v) is 3.26. The van der Waals surface area contributed by atoms with Crippen LogP contribution in [0.15, 0.2) is 35.8 Å². The quantitative estimate of drug-likeness (QED) is 0.841. The normalized spacial score (nSPS) is 11.6. The van der Waals surface area contributed by atoms with Crippen molar-refractivity contribution in [3.8, 4) is 0 Å². The van der Waals surface area contributed by atoms with E-state index in [1.54, 1.807) is 35.8 Å². The molecule has 0 aliphatic carbocycles. The predicted octanol–water partition coefficient (Wildman–Crippen LogP) is 1.26. The van der Waals surface area contributed by atoms with Gasteiger partial charge in [-0.1, -0.05) is 24.3 Å². The summed E-state index contributed by atoms with van der Waals surface area (Å²) >= 11 is 1.41. The summed E-state index contributed by atoms with van der Waals surface area (Å²) < 4.78 is 26.2. The first-order chi connectivity index (χ1) is 9.09. The van der Waals surface area contributed by atoms with Crippen molar-refractivity contribution in [2.45, 2.75) is 18.9 Å². The van der Waals surface area contributed by atoms with Crippen molar-refractivity contribution >= 4 is 21.4 Å². The number of nitrogens with one attached hydrogen (secondary N) is 1. The average molecular weight is 298 g/mol. The Balaban J connectivity index is 1.96. The molecule has 0 amide bonds. The van der Waals surface area contributed by atoms with Gasteiger partial charge in [-0.25, -0.2) is 18.1 Å². The highest BCUT2D eigenvalue weighted by molar-refractivity contribution is 7.88. The molecule has 0 atom stereocenters. The van der Waals surface area contributed by atoms with Crippen LogP contribution in [0.5, 0.6) is 0 Å². The van der Waals surface area contributed by atoms with E-state index in [1.165, 1.54) is 11.3 Å². The Morgan fingerprint density at radius 1 is 1.21 bits per heavy atom. The lowest BCUT2D eigenvalue weighted by atomic mass is 10.2. The van der Waals surface area contributed by atoms with Crippen LogP contribution in [-0.2, 0) is 28.9 Å². The molecule has 2 aromatic rings. The summed E-state index contributed by atoms with van der Waals surface area (Å²) in [7, 11) is -3.38. The molecule has 0 fully saturated rings. The molecule has 1 aromatic heterocycles. The Kier molecular flexibility index (Phi) is 4.65. The lowest BCUT2D eigenvalue weighted by Gasteiger charge is -2.06. The highest BCUT2D eigenvalue weighted by Crippen LogP contribution is 2.09. The summed E-state index contributed by atoms with van der Waals surface area (Å²) in [6, 6.07) is 6.83. The van der Waals surface area contributed by atoms with Crippen LogP contribution in [0.2, 0.25) is 0 Å². The molecule has 1 aromatic carbocycles. The van der Waals surface area contributed by atoms with Crippen molar-refractivity contribution in [3.05, 3.63) is 52.0 Å². The first-order valence-corrected chi connectivity index (χ1v) is 8.16. The number of aromatic nitrogens is 1. The Morgan fingerprint density at radius 3 is 2.47 bits per heavy atom. The number of aliphatic hydroxyl groups is 1. The molecule has 0 aliphatic heterocycles. The summed E-state index contributed by atoms with van der Waals surface area (Å²) in [4.78, 5) is 4.01. The molecule has 0 unspecified atom stereocenters. The van der Waals surface area contributed by atoms with Gasteiger partial charge >= 0.3 is 0 Å². The van der Waals surface area contributed by atoms with Crippen molar-refractivity contribution in [1.29, 1.82) is 0 Å². The van der Waals surface area contributed by atoms with Crippen LogP contribution >= 0.6 is 11.3 Å². The van der Waals surface area contributed by atoms with Gasteiger partial charge in [0.1, 0.15) is 5.01 Å². The van der Waals surface area contributed by atoms with Gasteiger partial charge < -0.3 is 5.11 Å². The first kappa shape index (κ1) is 14.1. The van der Waals surface area contributed by atoms with Crippen molar-refractivity contribution in [1.82, 2.24) is 9.71 Å². The smallest absolute Gasteiger partial charge is 0.216 e. The minimum absolute atomic E-state index is 0.0463. The van der Waals surface area contributed by atoms with E-state index in [4.69, 9.17) is 5.11 Å². The number of sulfonamides is 1. The zero-order valence-corrected chi connectivity index (χ0v) is 11.7. The van der Waals surface area contributed by atoms with E-state index in [2.05, 4.69) is 9.71 Å². The third-order valence-corrected chi connectivity index (χ3v) is 4.57. The molecule has 0 saturated carbocycles. The Hall–Kier alpha value is -1.28. The molecule has 0 saturated heterocycles. The van der Waals surface area contributed by atoms with E-state index in [9.17, 15) is 8.42 Å². The third kappa shape index (κ3) is 4.39. The molecule has 2 N–H and O–H groups in total. The van der Waals surface area contributed by atoms with Crippen LogP contribution in [0.4, 0.5) is 0 Å². The molecule has 102 valence electrons. The molecule has 0 spiro atoms. The fourth-order valence-electron chi connectivity index (χ4n) is 1.52. The maximum Gasteiger partial charge on any atom is 0.216 e. The third-order valence-electron chi connectivity index (χ3n) is 2.49. The van der Waals surface area contributed by atoms with Gasteiger partial charge in [0.05, 0.1) is 18.9 Å². The van der Waals surface area contributed by atoms with Gasteiger partial charge in [-0.05, 0) is 11.1 Å². The van der Waals surface area contributed by atoms with Gasteiger partial charge in [0.2, 0.25) is 10.0 Å². The zero-order chi connectivity index (χ0) is 13.7. The molecular weight excluding hydrogens is 284 g/mol. The number of aliphatic hydroxyl groups excluding tert-OH is 1. The number of thiazole rings is 1. The van der Waals surface area contributed by atoms with E-state index in [0.29, 0.717) is 5.56 Å². The van der Waals surface area contributed by atoms with E-state index in [1.807, 2.05) is 0 Å². The second kappa shape index (κ2) is 6.25. The largest absolute Gasteiger partial charge is 0.392 e. The summed E-state index contributed by atoms with van der Waals surface area (Å²) in [5, 5.41) is 11.5. The first-order valence-electron chi connectivity index (χ1n) is 5.63. The molecular formula is C12H14N2O3S2. The van der Waals surface area contributed by atoms with E-state index >= 15 is 0 Å². The number of benzene rings is 1. The fraction of sp³-hybridized carbons (Fsp3) is 0.250. The Labute approximate surface area is 116 Å². The zero-order valence-electron chi connectivity index (χ0n) is 10.1. The van der Waals surface area contributed by atoms with Gasteiger partial charge in [-0.3, -0.25) is 0 Å². The van der Waals surface area contributed by atoms with Crippen LogP contribution in [0, 0.1) is 0 Å². The van der Waals surface area contributed by atoms with Crippen LogP contribution in [-0.4, -0.2) is 18.5 Å². The van der Waals surface area contributed by atoms with Crippen LogP contribution in [0.3, 0.4) is 0 Å². The Morgan fingerprint density at radius 2 is 1.89 bits per heavy atom. The number of rotatable bonds is 6. The second-order valence-electron chi connectivity index (χ2n) is 3.98. The highest BCUT2D eigenvalue weighted by atomic mass is 32.2. The van der Waals surface area contributed by atoms with E-state index < -0.39 is 10.0 Å². The SMILES string of the molecule is O=S(=O)(Cc1ccc(CO)cc1)NCc1nccs1. The number of nitrogens with zero attached hydrogens (tertiary/aromatic N) is 1. The Bertz CT molecular complexity index is 607. The van der Waals surface area contributed by atoms with E-state index in [-0.39, 0.29) is 18.9 Å². The summed E-state index contributed by atoms with van der Waals surface area (Å²) in [6.45, 7) is 0.171. The summed E-state index contributed by atoms with van der Waals surface area (Å²) in [5.74, 6) is -0.0793. The predicted molar refractivity (Wildman–Crippen MR) is 73.9 cm³/mol.